The molecule has 6 nitrogen and oxygen atoms in total. The molecular formula is C25H32ClNO5S. The molecule has 0 spiro atoms. The second-order valence-corrected chi connectivity index (χ2v) is 8.29. The maximum atomic E-state index is 12.2. The summed E-state index contributed by atoms with van der Waals surface area (Å²) in [7, 11) is 0. The summed E-state index contributed by atoms with van der Waals surface area (Å²) < 4.78 is 16.3. The molecule has 0 aliphatic heterocycles. The van der Waals surface area contributed by atoms with Gasteiger partial charge in [0.25, 0.3) is 0 Å². The number of carbonyl (C=O) groups excluding carboxylic acids is 2. The first-order valence-corrected chi connectivity index (χ1v) is 12.0. The van der Waals surface area contributed by atoms with Crippen molar-refractivity contribution >= 4 is 35.4 Å². The smallest absolute Gasteiger partial charge is 0.407 e. The van der Waals surface area contributed by atoms with Gasteiger partial charge in [-0.3, -0.25) is 0 Å². The average Bonchev–Trinajstić information content (AvgIpc) is 2.81. The summed E-state index contributed by atoms with van der Waals surface area (Å²) in [6.07, 6.45) is -1.11. The number of amides is 1. The highest BCUT2D eigenvalue weighted by molar-refractivity contribution is 7.99. The van der Waals surface area contributed by atoms with Crippen LogP contribution in [0.15, 0.2) is 65.6 Å². The van der Waals surface area contributed by atoms with Crippen molar-refractivity contribution in [2.45, 2.75) is 38.7 Å². The van der Waals surface area contributed by atoms with Crippen molar-refractivity contribution in [2.75, 3.05) is 25.5 Å². The minimum Gasteiger partial charge on any atom is -0.490 e. The first-order chi connectivity index (χ1) is 15.8. The molecule has 0 aromatic heterocycles. The molecule has 0 saturated carbocycles. The molecule has 0 aliphatic carbocycles. The number of carbonyl (C=O) groups is 2. The van der Waals surface area contributed by atoms with Gasteiger partial charge in [-0.2, -0.15) is 0 Å². The molecule has 1 unspecified atom stereocenters. The van der Waals surface area contributed by atoms with E-state index in [2.05, 4.69) is 11.9 Å². The first kappa shape index (κ1) is 28.4. The van der Waals surface area contributed by atoms with Crippen LogP contribution in [0.4, 0.5) is 4.79 Å². The quantitative estimate of drug-likeness (QED) is 0.177. The van der Waals surface area contributed by atoms with Gasteiger partial charge in [-0.25, -0.2) is 9.59 Å². The molecule has 1 N–H and O–H groups in total. The van der Waals surface area contributed by atoms with Crippen LogP contribution < -0.4 is 10.1 Å². The van der Waals surface area contributed by atoms with Crippen molar-refractivity contribution in [3.63, 3.8) is 0 Å². The predicted molar refractivity (Wildman–Crippen MR) is 134 cm³/mol. The summed E-state index contributed by atoms with van der Waals surface area (Å²) in [5, 5.41) is 3.23. The minimum atomic E-state index is -0.611. The molecule has 2 aromatic rings. The monoisotopic (exact) mass is 493 g/mol. The second kappa shape index (κ2) is 16.0. The van der Waals surface area contributed by atoms with Crippen molar-refractivity contribution in [1.82, 2.24) is 5.32 Å². The Morgan fingerprint density at radius 3 is 2.33 bits per heavy atom. The van der Waals surface area contributed by atoms with Crippen molar-refractivity contribution in [3.05, 3.63) is 71.3 Å². The number of aryl methyl sites for hydroxylation is 1. The Kier molecular flexibility index (Phi) is 13.8. The van der Waals surface area contributed by atoms with Crippen molar-refractivity contribution in [1.29, 1.82) is 0 Å². The highest BCUT2D eigenvalue weighted by Gasteiger charge is 2.16. The summed E-state index contributed by atoms with van der Waals surface area (Å²) in [6.45, 7) is 11.4. The number of thioether (sulfide) groups is 1. The zero-order valence-corrected chi connectivity index (χ0v) is 21.1. The van der Waals surface area contributed by atoms with E-state index in [9.17, 15) is 9.59 Å². The zero-order chi connectivity index (χ0) is 24.6. The number of nitrogens with one attached hydrogen (secondary N) is 1. The van der Waals surface area contributed by atoms with E-state index < -0.39 is 18.2 Å². The second-order valence-electron chi connectivity index (χ2n) is 6.76. The molecule has 0 saturated heterocycles. The summed E-state index contributed by atoms with van der Waals surface area (Å²) in [4.78, 5) is 24.5. The van der Waals surface area contributed by atoms with Gasteiger partial charge >= 0.3 is 12.1 Å². The lowest BCUT2D eigenvalue weighted by molar-refractivity contribution is -0.138. The SMILES string of the molecule is C=C(C)C(=O)OCCNC(=O)OC(COc1ccc(C)cc1)CSc1ccc(Cl)cc1.CC. The molecule has 0 radical (unpaired) electrons. The standard InChI is InChI=1S/C23H26ClNO5S.C2H6/c1-16(2)22(26)28-13-12-25-23(27)30-20(14-29-19-8-4-17(3)5-9-19)15-31-21-10-6-18(24)7-11-21;1-2/h4-11,20H,1,12-15H2,2-3H3,(H,25,27);1-2H3. The van der Waals surface area contributed by atoms with Crippen LogP contribution in [0.3, 0.4) is 0 Å². The molecule has 33 heavy (non-hydrogen) atoms. The molecular weight excluding hydrogens is 462 g/mol. The maximum absolute atomic E-state index is 12.2. The van der Waals surface area contributed by atoms with Crippen LogP contribution in [-0.2, 0) is 14.3 Å². The van der Waals surface area contributed by atoms with E-state index >= 15 is 0 Å². The molecule has 2 rings (SSSR count). The van der Waals surface area contributed by atoms with Crippen molar-refractivity contribution in [2.24, 2.45) is 0 Å². The lowest BCUT2D eigenvalue weighted by Crippen LogP contribution is -2.35. The Morgan fingerprint density at radius 1 is 1.09 bits per heavy atom. The third kappa shape index (κ3) is 12.2. The Labute approximate surface area is 205 Å². The summed E-state index contributed by atoms with van der Waals surface area (Å²) in [5.41, 5.74) is 1.43. The predicted octanol–water partition coefficient (Wildman–Crippen LogP) is 6.06. The normalized spacial score (nSPS) is 10.8. The number of alkyl carbamates (subject to hydrolysis) is 1. The van der Waals surface area contributed by atoms with E-state index in [1.807, 2.05) is 69.3 Å². The highest BCUT2D eigenvalue weighted by Crippen LogP contribution is 2.22. The Hall–Kier alpha value is -2.64. The zero-order valence-electron chi connectivity index (χ0n) is 19.6. The first-order valence-electron chi connectivity index (χ1n) is 10.7. The topological polar surface area (TPSA) is 73.9 Å². The van der Waals surface area contributed by atoms with Gasteiger partial charge in [0.2, 0.25) is 0 Å². The van der Waals surface area contributed by atoms with Gasteiger partial charge < -0.3 is 19.5 Å². The fourth-order valence-electron chi connectivity index (χ4n) is 2.27. The number of rotatable bonds is 11. The molecule has 1 amide bonds. The van der Waals surface area contributed by atoms with Crippen molar-refractivity contribution < 1.29 is 23.8 Å². The number of hydrogen-bond donors (Lipinski definition) is 1. The van der Waals surface area contributed by atoms with Gasteiger partial charge in [0, 0.05) is 21.2 Å². The lowest BCUT2D eigenvalue weighted by atomic mass is 10.2. The van der Waals surface area contributed by atoms with Gasteiger partial charge in [0.15, 0.2) is 0 Å². The minimum absolute atomic E-state index is 0.0326. The van der Waals surface area contributed by atoms with Crippen LogP contribution in [0.5, 0.6) is 5.75 Å². The van der Waals surface area contributed by atoms with Crippen LogP contribution in [0.1, 0.15) is 26.3 Å². The highest BCUT2D eigenvalue weighted by atomic mass is 35.5. The van der Waals surface area contributed by atoms with E-state index in [4.69, 9.17) is 25.8 Å². The summed E-state index contributed by atoms with van der Waals surface area (Å²) in [5.74, 6) is 0.688. The van der Waals surface area contributed by atoms with Crippen LogP contribution in [-0.4, -0.2) is 43.7 Å². The van der Waals surface area contributed by atoms with E-state index in [-0.39, 0.29) is 19.8 Å². The third-order valence-corrected chi connectivity index (χ3v) is 5.33. The number of ether oxygens (including phenoxy) is 3. The number of halogens is 1. The van der Waals surface area contributed by atoms with Crippen LogP contribution >= 0.6 is 23.4 Å². The van der Waals surface area contributed by atoms with Gasteiger partial charge in [0.1, 0.15) is 25.1 Å². The Morgan fingerprint density at radius 2 is 1.73 bits per heavy atom. The third-order valence-electron chi connectivity index (χ3n) is 3.93. The van der Waals surface area contributed by atoms with Gasteiger partial charge in [-0.05, 0) is 50.2 Å². The number of hydrogen-bond acceptors (Lipinski definition) is 6. The van der Waals surface area contributed by atoms with E-state index in [0.717, 1.165) is 10.5 Å². The van der Waals surface area contributed by atoms with Gasteiger partial charge in [0.05, 0.1) is 6.54 Å². The molecule has 180 valence electrons. The lowest BCUT2D eigenvalue weighted by Gasteiger charge is -2.19. The molecule has 2 aromatic carbocycles. The average molecular weight is 494 g/mol. The van der Waals surface area contributed by atoms with E-state index in [1.165, 1.54) is 11.8 Å². The molecule has 0 fully saturated rings. The Bertz CT molecular complexity index is 822. The number of benzene rings is 2. The van der Waals surface area contributed by atoms with E-state index in [1.54, 1.807) is 6.92 Å². The maximum Gasteiger partial charge on any atom is 0.407 e. The fourth-order valence-corrected chi connectivity index (χ4v) is 3.27. The van der Waals surface area contributed by atoms with Gasteiger partial charge in [-0.15, -0.1) is 11.8 Å². The van der Waals surface area contributed by atoms with E-state index in [0.29, 0.717) is 22.1 Å². The van der Waals surface area contributed by atoms with Crippen LogP contribution in [0.2, 0.25) is 5.02 Å². The fraction of sp³-hybridized carbons (Fsp3) is 0.360. The van der Waals surface area contributed by atoms with Crippen LogP contribution in [0.25, 0.3) is 0 Å². The molecule has 0 bridgehead atoms. The molecule has 8 heteroatoms. The van der Waals surface area contributed by atoms with Gasteiger partial charge in [-0.1, -0.05) is 49.7 Å². The summed E-state index contributed by atoms with van der Waals surface area (Å²) >= 11 is 7.46. The van der Waals surface area contributed by atoms with Crippen LogP contribution in [0, 0.1) is 6.92 Å². The van der Waals surface area contributed by atoms with Crippen molar-refractivity contribution in [3.8, 4) is 5.75 Å². The summed E-state index contributed by atoms with van der Waals surface area (Å²) in [6, 6.07) is 15.1. The molecule has 0 heterocycles. The number of esters is 1. The molecule has 0 aliphatic rings. The Balaban J connectivity index is 0.00000265. The largest absolute Gasteiger partial charge is 0.490 e. The molecule has 1 atom stereocenters.